The molecule has 8 heteroatoms. The number of rotatable bonds is 1. The largest absolute Gasteiger partial charge is 0.459 e. The number of hydrogen-bond donors (Lipinski definition) is 0. The van der Waals surface area contributed by atoms with Crippen molar-refractivity contribution in [3.63, 3.8) is 0 Å². The van der Waals surface area contributed by atoms with Gasteiger partial charge in [-0.05, 0) is 15.9 Å². The van der Waals surface area contributed by atoms with Crippen molar-refractivity contribution >= 4 is 33.4 Å². The van der Waals surface area contributed by atoms with E-state index in [1.54, 1.807) is 23.0 Å². The van der Waals surface area contributed by atoms with E-state index in [1.807, 2.05) is 0 Å². The Morgan fingerprint density at radius 2 is 2.38 bits per heavy atom. The lowest BCUT2D eigenvalue weighted by Crippen LogP contribution is -2.45. The highest BCUT2D eigenvalue weighted by Gasteiger charge is 2.27. The first kappa shape index (κ1) is 14.2. The van der Waals surface area contributed by atoms with E-state index in [9.17, 15) is 4.39 Å². The third-order valence-corrected chi connectivity index (χ3v) is 4.59. The smallest absolute Gasteiger partial charge is 0.182 e. The maximum atomic E-state index is 14.4. The van der Waals surface area contributed by atoms with Gasteiger partial charge in [0, 0.05) is 13.2 Å². The van der Waals surface area contributed by atoms with E-state index in [0.29, 0.717) is 16.4 Å². The molecule has 5 nitrogen and oxygen atoms in total. The fourth-order valence-corrected chi connectivity index (χ4v) is 2.95. The third-order valence-electron chi connectivity index (χ3n) is 3.25. The van der Waals surface area contributed by atoms with Crippen LogP contribution in [0.1, 0.15) is 0 Å². The highest BCUT2D eigenvalue weighted by molar-refractivity contribution is 9.10. The Labute approximate surface area is 133 Å². The first-order chi connectivity index (χ1) is 10.1. The maximum Gasteiger partial charge on any atom is 0.182 e. The Balaban J connectivity index is 2.48. The number of ether oxygens (including phenoxy) is 1. The molecule has 0 fully saturated rings. The van der Waals surface area contributed by atoms with Crippen molar-refractivity contribution in [3.05, 3.63) is 38.4 Å². The summed E-state index contributed by atoms with van der Waals surface area (Å²) in [7, 11) is 1.79. The van der Waals surface area contributed by atoms with Crippen molar-refractivity contribution in [2.75, 3.05) is 20.3 Å². The summed E-state index contributed by atoms with van der Waals surface area (Å²) < 4.78 is 19.9. The average Bonchev–Trinajstić information content (AvgIpc) is 2.64. The van der Waals surface area contributed by atoms with Gasteiger partial charge in [0.2, 0.25) is 0 Å². The first-order valence-electron chi connectivity index (χ1n) is 5.99. The van der Waals surface area contributed by atoms with Gasteiger partial charge in [0.1, 0.15) is 25.3 Å². The van der Waals surface area contributed by atoms with Crippen LogP contribution in [0.2, 0.25) is 5.02 Å². The fraction of sp³-hybridized carbons (Fsp3) is 0.231. The zero-order chi connectivity index (χ0) is 15.1. The lowest BCUT2D eigenvalue weighted by atomic mass is 10.2. The van der Waals surface area contributed by atoms with Gasteiger partial charge in [0.25, 0.3) is 0 Å². The second-order valence-corrected chi connectivity index (χ2v) is 5.66. The van der Waals surface area contributed by atoms with Crippen LogP contribution in [0.4, 0.5) is 4.39 Å². The van der Waals surface area contributed by atoms with E-state index in [0.717, 1.165) is 0 Å². The molecular formula is C13H9BrClFN4O. The monoisotopic (exact) mass is 370 g/mol. The van der Waals surface area contributed by atoms with Gasteiger partial charge in [-0.1, -0.05) is 11.6 Å². The van der Waals surface area contributed by atoms with Gasteiger partial charge in [-0.2, -0.15) is 5.26 Å². The minimum atomic E-state index is -0.592. The zero-order valence-electron chi connectivity index (χ0n) is 10.9. The van der Waals surface area contributed by atoms with E-state index in [4.69, 9.17) is 21.6 Å². The number of hydrogen-bond acceptors (Lipinski definition) is 5. The van der Waals surface area contributed by atoms with Gasteiger partial charge in [-0.15, -0.1) is 0 Å². The normalized spacial score (nSPS) is 15.9. The van der Waals surface area contributed by atoms with E-state index >= 15 is 0 Å². The number of benzene rings is 1. The van der Waals surface area contributed by atoms with Gasteiger partial charge in [-0.25, -0.2) is 4.39 Å². The quantitative estimate of drug-likeness (QED) is 0.555. The van der Waals surface area contributed by atoms with Crippen LogP contribution >= 0.6 is 27.5 Å². The molecule has 0 saturated carbocycles. The molecule has 0 spiro atoms. The topological polar surface area (TPSA) is 51.9 Å². The number of nitriles is 1. The zero-order valence-corrected chi connectivity index (χ0v) is 13.2. The summed E-state index contributed by atoms with van der Waals surface area (Å²) in [6, 6.07) is 2.08. The van der Waals surface area contributed by atoms with Crippen LogP contribution in [-0.4, -0.2) is 30.1 Å². The third kappa shape index (κ3) is 2.06. The molecule has 21 heavy (non-hydrogen) atoms. The van der Waals surface area contributed by atoms with Crippen molar-refractivity contribution in [1.29, 1.82) is 5.26 Å². The van der Waals surface area contributed by atoms with Crippen LogP contribution < -0.4 is 15.3 Å². The van der Waals surface area contributed by atoms with Crippen LogP contribution in [0.5, 0.6) is 5.75 Å². The molecule has 0 amide bonds. The Hall–Kier alpha value is -1.78. The number of nitrogens with zero attached hydrogens (tertiary/aromatic N) is 4. The van der Waals surface area contributed by atoms with Crippen molar-refractivity contribution in [1.82, 2.24) is 9.80 Å². The highest BCUT2D eigenvalue weighted by atomic mass is 79.9. The summed E-state index contributed by atoms with van der Waals surface area (Å²) in [5, 5.41) is 10.1. The van der Waals surface area contributed by atoms with Gasteiger partial charge in [-0.3, -0.25) is 4.99 Å². The first-order valence-corrected chi connectivity index (χ1v) is 7.16. The van der Waals surface area contributed by atoms with E-state index in [1.165, 1.54) is 6.26 Å². The molecule has 1 aromatic carbocycles. The molecule has 0 saturated heterocycles. The molecule has 1 aromatic rings. The van der Waals surface area contributed by atoms with Crippen molar-refractivity contribution in [2.45, 2.75) is 0 Å². The maximum absolute atomic E-state index is 14.4. The number of halogens is 3. The molecule has 0 atom stereocenters. The van der Waals surface area contributed by atoms with Crippen LogP contribution in [-0.2, 0) is 0 Å². The molecule has 0 aromatic heterocycles. The molecule has 3 rings (SSSR count). The summed E-state index contributed by atoms with van der Waals surface area (Å²) in [5.41, 5.74) is 0. The van der Waals surface area contributed by atoms with Gasteiger partial charge in [0.15, 0.2) is 11.6 Å². The standard InChI is InChI=1S/C13H9BrClFN4O/c1-19-4-5-21-12-7-11(9(15)8(14)10(12)16)18-6-20(3-2-17)13(7)19/h4-5H,3,6H2,1H3. The Morgan fingerprint density at radius 3 is 3.10 bits per heavy atom. The molecule has 0 radical (unpaired) electrons. The minimum Gasteiger partial charge on any atom is -0.459 e. The highest BCUT2D eigenvalue weighted by Crippen LogP contribution is 2.29. The predicted octanol–water partition coefficient (Wildman–Crippen LogP) is 1.52. The van der Waals surface area contributed by atoms with Crippen molar-refractivity contribution in [3.8, 4) is 11.8 Å². The Bertz CT molecular complexity index is 817. The van der Waals surface area contributed by atoms with Gasteiger partial charge >= 0.3 is 0 Å². The van der Waals surface area contributed by atoms with E-state index < -0.39 is 5.82 Å². The minimum absolute atomic E-state index is 0.0447. The molecule has 0 bridgehead atoms. The van der Waals surface area contributed by atoms with Crippen LogP contribution in [0, 0.1) is 17.1 Å². The molecule has 0 unspecified atom stereocenters. The summed E-state index contributed by atoms with van der Waals surface area (Å²) in [6.07, 6.45) is 3.03. The van der Waals surface area contributed by atoms with E-state index in [-0.39, 0.29) is 28.5 Å². The van der Waals surface area contributed by atoms with Crippen molar-refractivity contribution in [2.24, 2.45) is 4.99 Å². The van der Waals surface area contributed by atoms with Crippen LogP contribution in [0.15, 0.2) is 21.9 Å². The second-order valence-electron chi connectivity index (χ2n) is 4.49. The molecule has 2 aliphatic rings. The Kier molecular flexibility index (Phi) is 3.51. The summed E-state index contributed by atoms with van der Waals surface area (Å²) >= 11 is 9.31. The SMILES string of the molecule is CN1C=COc2c(F)c(Br)c(Cl)c3c2=C1N(CC#N)CN=3. The molecule has 0 aliphatic carbocycles. The lowest BCUT2D eigenvalue weighted by molar-refractivity contribution is 0.368. The molecule has 108 valence electrons. The lowest BCUT2D eigenvalue weighted by Gasteiger charge is -2.30. The average molecular weight is 372 g/mol. The molecule has 0 N–H and O–H groups in total. The van der Waals surface area contributed by atoms with E-state index in [2.05, 4.69) is 27.0 Å². The summed E-state index contributed by atoms with van der Waals surface area (Å²) in [4.78, 5) is 7.84. The summed E-state index contributed by atoms with van der Waals surface area (Å²) in [5.74, 6) is 0.0899. The van der Waals surface area contributed by atoms with Gasteiger partial charge < -0.3 is 14.5 Å². The van der Waals surface area contributed by atoms with Gasteiger partial charge in [0.05, 0.1) is 26.1 Å². The fourth-order valence-electron chi connectivity index (χ4n) is 2.34. The Morgan fingerprint density at radius 1 is 1.62 bits per heavy atom. The second kappa shape index (κ2) is 5.20. The molecule has 2 aliphatic heterocycles. The van der Waals surface area contributed by atoms with Crippen LogP contribution in [0.3, 0.4) is 0 Å². The molecular weight excluding hydrogens is 363 g/mol. The predicted molar refractivity (Wildman–Crippen MR) is 78.0 cm³/mol. The van der Waals surface area contributed by atoms with Crippen LogP contribution in [0.25, 0.3) is 5.82 Å². The summed E-state index contributed by atoms with van der Waals surface area (Å²) in [6.45, 7) is 0.399. The molecule has 2 heterocycles. The van der Waals surface area contributed by atoms with Crippen molar-refractivity contribution < 1.29 is 9.13 Å².